The van der Waals surface area contributed by atoms with Crippen LogP contribution in [0.5, 0.6) is 11.5 Å². The number of benzene rings is 2. The first-order valence-electron chi connectivity index (χ1n) is 7.31. The predicted octanol–water partition coefficient (Wildman–Crippen LogP) is 3.26. The number of carbonyl (C=O) groups is 1. The van der Waals surface area contributed by atoms with Gasteiger partial charge in [0.05, 0.1) is 20.6 Å². The summed E-state index contributed by atoms with van der Waals surface area (Å²) >= 11 is 0. The molecule has 0 aliphatic carbocycles. The Morgan fingerprint density at radius 1 is 1.08 bits per heavy atom. The smallest absolute Gasteiger partial charge is 0.307 e. The van der Waals surface area contributed by atoms with Crippen LogP contribution in [0.3, 0.4) is 0 Å². The van der Waals surface area contributed by atoms with Crippen molar-refractivity contribution in [2.75, 3.05) is 14.2 Å². The van der Waals surface area contributed by atoms with Crippen molar-refractivity contribution in [1.82, 2.24) is 0 Å². The molecule has 2 aromatic carbocycles. The molecule has 5 nitrogen and oxygen atoms in total. The Morgan fingerprint density at radius 2 is 1.79 bits per heavy atom. The molecule has 130 valence electrons. The molecule has 2 rings (SSSR count). The lowest BCUT2D eigenvalue weighted by atomic mass is 10.0. The van der Waals surface area contributed by atoms with Gasteiger partial charge in [0, 0.05) is 6.04 Å². The summed E-state index contributed by atoms with van der Waals surface area (Å²) in [4.78, 5) is 11.4. The fraction of sp³-hybridized carbons (Fsp3) is 0.278. The van der Waals surface area contributed by atoms with Crippen LogP contribution < -0.4 is 15.2 Å². The summed E-state index contributed by atoms with van der Waals surface area (Å²) in [6, 6.07) is 14.8. The molecule has 0 aliphatic rings. The first kappa shape index (κ1) is 19.8. The lowest BCUT2D eigenvalue weighted by Gasteiger charge is -2.15. The summed E-state index contributed by atoms with van der Waals surface area (Å²) in [7, 11) is 2.93. The van der Waals surface area contributed by atoms with E-state index >= 15 is 0 Å². The maximum atomic E-state index is 11.4. The summed E-state index contributed by atoms with van der Waals surface area (Å²) in [5.74, 6) is 0.865. The molecule has 2 aromatic rings. The number of hydrogen-bond donors (Lipinski definition) is 1. The van der Waals surface area contributed by atoms with E-state index in [0.29, 0.717) is 18.1 Å². The first-order chi connectivity index (χ1) is 11.1. The SMILES string of the molecule is COC(=O)C[C@H](N)c1ccc(OC)c(OCc2ccccc2)c1.Cl. The highest BCUT2D eigenvalue weighted by molar-refractivity contribution is 5.85. The molecule has 0 saturated carbocycles. The molecule has 1 atom stereocenters. The van der Waals surface area contributed by atoms with Gasteiger partial charge in [0.2, 0.25) is 0 Å². The third-order valence-electron chi connectivity index (χ3n) is 3.47. The van der Waals surface area contributed by atoms with Gasteiger partial charge >= 0.3 is 5.97 Å². The predicted molar refractivity (Wildman–Crippen MR) is 94.6 cm³/mol. The fourth-order valence-corrected chi connectivity index (χ4v) is 2.15. The van der Waals surface area contributed by atoms with Crippen LogP contribution in [0.25, 0.3) is 0 Å². The molecule has 0 amide bonds. The molecule has 0 aliphatic heterocycles. The highest BCUT2D eigenvalue weighted by Crippen LogP contribution is 2.31. The number of halogens is 1. The molecule has 0 radical (unpaired) electrons. The van der Waals surface area contributed by atoms with Crippen LogP contribution in [0.4, 0.5) is 0 Å². The maximum absolute atomic E-state index is 11.4. The van der Waals surface area contributed by atoms with Crippen molar-refractivity contribution in [3.05, 3.63) is 59.7 Å². The van der Waals surface area contributed by atoms with Gasteiger partial charge < -0.3 is 19.9 Å². The molecular formula is C18H22ClNO4. The van der Waals surface area contributed by atoms with Crippen LogP contribution in [0.1, 0.15) is 23.6 Å². The maximum Gasteiger partial charge on any atom is 0.307 e. The van der Waals surface area contributed by atoms with E-state index in [2.05, 4.69) is 4.74 Å². The van der Waals surface area contributed by atoms with E-state index < -0.39 is 6.04 Å². The minimum Gasteiger partial charge on any atom is -0.493 e. The standard InChI is InChI=1S/C18H21NO4.ClH/c1-21-16-9-8-14(15(19)11-18(20)22-2)10-17(16)23-12-13-6-4-3-5-7-13;/h3-10,15H,11-12,19H2,1-2H3;1H/t15-;/m0./s1. The lowest BCUT2D eigenvalue weighted by molar-refractivity contribution is -0.141. The summed E-state index contributed by atoms with van der Waals surface area (Å²) in [5.41, 5.74) is 7.89. The van der Waals surface area contributed by atoms with E-state index in [0.717, 1.165) is 11.1 Å². The molecule has 0 bridgehead atoms. The normalized spacial score (nSPS) is 11.1. The number of ether oxygens (including phenoxy) is 3. The van der Waals surface area contributed by atoms with Crippen molar-refractivity contribution >= 4 is 18.4 Å². The van der Waals surface area contributed by atoms with Crippen molar-refractivity contribution in [2.24, 2.45) is 5.73 Å². The van der Waals surface area contributed by atoms with Gasteiger partial charge in [-0.1, -0.05) is 36.4 Å². The van der Waals surface area contributed by atoms with Crippen molar-refractivity contribution < 1.29 is 19.0 Å². The van der Waals surface area contributed by atoms with Crippen molar-refractivity contribution in [3.8, 4) is 11.5 Å². The number of esters is 1. The number of carbonyl (C=O) groups excluding carboxylic acids is 1. The Kier molecular flexibility index (Phi) is 8.09. The number of methoxy groups -OCH3 is 2. The molecule has 0 unspecified atom stereocenters. The second-order valence-corrected chi connectivity index (χ2v) is 5.07. The highest BCUT2D eigenvalue weighted by Gasteiger charge is 2.15. The van der Waals surface area contributed by atoms with Gasteiger partial charge in [-0.2, -0.15) is 0 Å². The molecule has 6 heteroatoms. The third-order valence-corrected chi connectivity index (χ3v) is 3.47. The van der Waals surface area contributed by atoms with Crippen LogP contribution in [0.15, 0.2) is 48.5 Å². The minimum absolute atomic E-state index is 0. The Morgan fingerprint density at radius 3 is 2.42 bits per heavy atom. The quantitative estimate of drug-likeness (QED) is 0.775. The van der Waals surface area contributed by atoms with Gasteiger partial charge in [-0.25, -0.2) is 0 Å². The van der Waals surface area contributed by atoms with Crippen LogP contribution in [-0.2, 0) is 16.1 Å². The second kappa shape index (κ2) is 9.80. The van der Waals surface area contributed by atoms with Gasteiger partial charge in [-0.3, -0.25) is 4.79 Å². The van der Waals surface area contributed by atoms with Gasteiger partial charge in [0.15, 0.2) is 11.5 Å². The fourth-order valence-electron chi connectivity index (χ4n) is 2.15. The summed E-state index contributed by atoms with van der Waals surface area (Å²) < 4.78 is 15.8. The number of nitrogens with two attached hydrogens (primary N) is 1. The zero-order chi connectivity index (χ0) is 16.7. The Hall–Kier alpha value is -2.24. The van der Waals surface area contributed by atoms with Crippen molar-refractivity contribution in [2.45, 2.75) is 19.1 Å². The molecule has 24 heavy (non-hydrogen) atoms. The van der Waals surface area contributed by atoms with E-state index in [1.54, 1.807) is 19.2 Å². The molecule has 0 heterocycles. The van der Waals surface area contributed by atoms with Gasteiger partial charge in [-0.15, -0.1) is 12.4 Å². The van der Waals surface area contributed by atoms with Crippen molar-refractivity contribution in [3.63, 3.8) is 0 Å². The Bertz CT molecular complexity index is 649. The van der Waals surface area contributed by atoms with Crippen LogP contribution in [-0.4, -0.2) is 20.2 Å². The van der Waals surface area contributed by atoms with E-state index in [-0.39, 0.29) is 24.8 Å². The summed E-state index contributed by atoms with van der Waals surface area (Å²) in [5, 5.41) is 0. The molecule has 0 spiro atoms. The van der Waals surface area contributed by atoms with Crippen molar-refractivity contribution in [1.29, 1.82) is 0 Å². The average molecular weight is 352 g/mol. The van der Waals surface area contributed by atoms with E-state index in [9.17, 15) is 4.79 Å². The topological polar surface area (TPSA) is 70.8 Å². The zero-order valence-electron chi connectivity index (χ0n) is 13.7. The highest BCUT2D eigenvalue weighted by atomic mass is 35.5. The molecule has 0 aromatic heterocycles. The molecule has 2 N–H and O–H groups in total. The van der Waals surface area contributed by atoms with E-state index in [1.807, 2.05) is 36.4 Å². The summed E-state index contributed by atoms with van der Waals surface area (Å²) in [6.07, 6.45) is 0.112. The van der Waals surface area contributed by atoms with Gasteiger partial charge in [0.1, 0.15) is 6.61 Å². The number of rotatable bonds is 7. The summed E-state index contributed by atoms with van der Waals surface area (Å²) in [6.45, 7) is 0.424. The van der Waals surface area contributed by atoms with Crippen LogP contribution >= 0.6 is 12.4 Å². The average Bonchev–Trinajstić information content (AvgIpc) is 2.60. The van der Waals surface area contributed by atoms with Crippen LogP contribution in [0, 0.1) is 0 Å². The van der Waals surface area contributed by atoms with E-state index in [4.69, 9.17) is 15.2 Å². The largest absolute Gasteiger partial charge is 0.493 e. The van der Waals surface area contributed by atoms with E-state index in [1.165, 1.54) is 7.11 Å². The lowest BCUT2D eigenvalue weighted by Crippen LogP contribution is -2.16. The van der Waals surface area contributed by atoms with Crippen LogP contribution in [0.2, 0.25) is 0 Å². The minimum atomic E-state index is -0.451. The first-order valence-corrected chi connectivity index (χ1v) is 7.31. The van der Waals surface area contributed by atoms with Gasteiger partial charge in [-0.05, 0) is 23.3 Å². The van der Waals surface area contributed by atoms with Gasteiger partial charge in [0.25, 0.3) is 0 Å². The Balaban J connectivity index is 0.00000288. The number of hydrogen-bond acceptors (Lipinski definition) is 5. The second-order valence-electron chi connectivity index (χ2n) is 5.07. The third kappa shape index (κ3) is 5.44. The monoisotopic (exact) mass is 351 g/mol. The zero-order valence-corrected chi connectivity index (χ0v) is 14.5. The molecule has 0 saturated heterocycles. The molecular weight excluding hydrogens is 330 g/mol. The molecule has 0 fully saturated rings. The Labute approximate surface area is 148 Å².